The monoisotopic (exact) mass is 388 g/mol. The number of carbonyl (C=O) groups excluding carboxylic acids is 1. The van der Waals surface area contributed by atoms with Gasteiger partial charge in [0.25, 0.3) is 5.91 Å². The van der Waals surface area contributed by atoms with Crippen LogP contribution in [0.15, 0.2) is 60.8 Å². The van der Waals surface area contributed by atoms with Gasteiger partial charge in [0.1, 0.15) is 0 Å². The number of fused-ring (bicyclic) bond motifs is 1. The van der Waals surface area contributed by atoms with Crippen molar-refractivity contribution in [1.82, 2.24) is 14.8 Å². The molecule has 0 unspecified atom stereocenters. The van der Waals surface area contributed by atoms with Gasteiger partial charge in [0, 0.05) is 68.1 Å². The normalized spacial score (nSPS) is 20.9. The molecule has 1 atom stereocenters. The van der Waals surface area contributed by atoms with Gasteiger partial charge >= 0.3 is 0 Å². The molecule has 0 aliphatic carbocycles. The third-order valence-electron chi connectivity index (χ3n) is 6.46. The maximum absolute atomic E-state index is 13.2. The lowest BCUT2D eigenvalue weighted by Gasteiger charge is -2.44. The summed E-state index contributed by atoms with van der Waals surface area (Å²) in [7, 11) is 0. The van der Waals surface area contributed by atoms with E-state index in [4.69, 9.17) is 0 Å². The number of piperidine rings is 1. The first-order valence-corrected chi connectivity index (χ1v) is 10.7. The highest BCUT2D eigenvalue weighted by Gasteiger charge is 2.31. The molecule has 2 fully saturated rings. The lowest BCUT2D eigenvalue weighted by molar-refractivity contribution is 0.0565. The number of benzene rings is 2. The van der Waals surface area contributed by atoms with Gasteiger partial charge in [-0.1, -0.05) is 36.4 Å². The molecule has 0 radical (unpaired) electrons. The van der Waals surface area contributed by atoms with Crippen LogP contribution in [-0.2, 0) is 0 Å². The topological polar surface area (TPSA) is 42.6 Å². The second-order valence-electron chi connectivity index (χ2n) is 8.15. The number of amides is 1. The first-order valence-electron chi connectivity index (χ1n) is 10.7. The van der Waals surface area contributed by atoms with Gasteiger partial charge in [-0.3, -0.25) is 9.69 Å². The minimum atomic E-state index is 0.162. The van der Waals surface area contributed by atoms with E-state index in [9.17, 15) is 4.79 Å². The van der Waals surface area contributed by atoms with Crippen molar-refractivity contribution in [2.45, 2.75) is 18.9 Å². The number of aromatic amines is 1. The average Bonchev–Trinajstić information content (AvgIpc) is 3.24. The van der Waals surface area contributed by atoms with Gasteiger partial charge < -0.3 is 14.8 Å². The summed E-state index contributed by atoms with van der Waals surface area (Å²) in [6.07, 6.45) is 4.13. The van der Waals surface area contributed by atoms with Crippen LogP contribution in [0.5, 0.6) is 0 Å². The Morgan fingerprint density at radius 3 is 2.48 bits per heavy atom. The van der Waals surface area contributed by atoms with Gasteiger partial charge in [-0.2, -0.15) is 0 Å². The molecule has 0 spiro atoms. The summed E-state index contributed by atoms with van der Waals surface area (Å²) in [5.74, 6) is 0.162. The number of nitrogens with zero attached hydrogens (tertiary/aromatic N) is 3. The molecule has 29 heavy (non-hydrogen) atoms. The highest BCUT2D eigenvalue weighted by molar-refractivity contribution is 6.06. The quantitative estimate of drug-likeness (QED) is 0.746. The molecule has 0 saturated carbocycles. The summed E-state index contributed by atoms with van der Waals surface area (Å²) >= 11 is 0. The zero-order valence-electron chi connectivity index (χ0n) is 16.8. The van der Waals surface area contributed by atoms with Crippen molar-refractivity contribution < 1.29 is 4.79 Å². The SMILES string of the molecule is O=C(c1c[nH]c2ccccc12)N1CCC[C@H](N2CCN(c3ccccc3)CC2)C1. The lowest BCUT2D eigenvalue weighted by Crippen LogP contribution is -2.55. The second kappa shape index (κ2) is 7.91. The molecule has 2 aliphatic rings. The largest absolute Gasteiger partial charge is 0.369 e. The molecule has 3 heterocycles. The van der Waals surface area contributed by atoms with Gasteiger partial charge in [-0.25, -0.2) is 0 Å². The van der Waals surface area contributed by atoms with Gasteiger partial charge in [-0.05, 0) is 31.0 Å². The number of carbonyl (C=O) groups is 1. The van der Waals surface area contributed by atoms with Crippen molar-refractivity contribution in [2.75, 3.05) is 44.2 Å². The molecule has 2 aliphatic heterocycles. The second-order valence-corrected chi connectivity index (χ2v) is 8.15. The number of H-pyrrole nitrogens is 1. The Morgan fingerprint density at radius 2 is 1.66 bits per heavy atom. The highest BCUT2D eigenvalue weighted by atomic mass is 16.2. The van der Waals surface area contributed by atoms with E-state index in [0.717, 1.165) is 62.2 Å². The summed E-state index contributed by atoms with van der Waals surface area (Å²) in [6, 6.07) is 19.2. The van der Waals surface area contributed by atoms with E-state index in [-0.39, 0.29) is 5.91 Å². The van der Waals surface area contributed by atoms with Crippen LogP contribution in [0.3, 0.4) is 0 Å². The maximum atomic E-state index is 13.2. The predicted molar refractivity (Wildman–Crippen MR) is 117 cm³/mol. The first kappa shape index (κ1) is 18.3. The summed E-state index contributed by atoms with van der Waals surface area (Å²) in [6.45, 7) is 5.93. The summed E-state index contributed by atoms with van der Waals surface area (Å²) in [5, 5.41) is 1.02. The number of anilines is 1. The number of aromatic nitrogens is 1. The minimum absolute atomic E-state index is 0.162. The van der Waals surface area contributed by atoms with Gasteiger partial charge in [0.2, 0.25) is 0 Å². The zero-order chi connectivity index (χ0) is 19.6. The summed E-state index contributed by atoms with van der Waals surface area (Å²) < 4.78 is 0. The van der Waals surface area contributed by atoms with E-state index < -0.39 is 0 Å². The van der Waals surface area contributed by atoms with E-state index in [1.54, 1.807) is 0 Å². The number of hydrogen-bond acceptors (Lipinski definition) is 3. The lowest BCUT2D eigenvalue weighted by atomic mass is 10.0. The Kier molecular flexibility index (Phi) is 4.98. The fraction of sp³-hybridized carbons (Fsp3) is 0.375. The molecule has 0 bridgehead atoms. The Labute approximate surface area is 171 Å². The fourth-order valence-corrected chi connectivity index (χ4v) is 4.84. The zero-order valence-corrected chi connectivity index (χ0v) is 16.8. The van der Waals surface area contributed by atoms with Gasteiger partial charge in [0.15, 0.2) is 0 Å². The van der Waals surface area contributed by atoms with E-state index in [1.165, 1.54) is 12.1 Å². The van der Waals surface area contributed by atoms with E-state index >= 15 is 0 Å². The first-order chi connectivity index (χ1) is 14.3. The molecule has 150 valence electrons. The van der Waals surface area contributed by atoms with Crippen molar-refractivity contribution in [3.05, 3.63) is 66.4 Å². The Morgan fingerprint density at radius 1 is 0.897 bits per heavy atom. The maximum Gasteiger partial charge on any atom is 0.256 e. The fourth-order valence-electron chi connectivity index (χ4n) is 4.84. The van der Waals surface area contributed by atoms with Crippen LogP contribution < -0.4 is 4.90 Å². The average molecular weight is 389 g/mol. The third-order valence-corrected chi connectivity index (χ3v) is 6.46. The van der Waals surface area contributed by atoms with Crippen molar-refractivity contribution in [3.63, 3.8) is 0 Å². The van der Waals surface area contributed by atoms with Crippen LogP contribution in [0, 0.1) is 0 Å². The highest BCUT2D eigenvalue weighted by Crippen LogP contribution is 2.24. The van der Waals surface area contributed by atoms with E-state index in [2.05, 4.69) is 50.0 Å². The molecule has 1 N–H and O–H groups in total. The van der Waals surface area contributed by atoms with Gasteiger partial charge in [-0.15, -0.1) is 0 Å². The molecular weight excluding hydrogens is 360 g/mol. The molecule has 5 heteroatoms. The van der Waals surface area contributed by atoms with Crippen molar-refractivity contribution in [1.29, 1.82) is 0 Å². The predicted octanol–water partition coefficient (Wildman–Crippen LogP) is 3.59. The standard InChI is InChI=1S/C24H28N4O/c29-24(22-17-25-23-11-5-4-10-21(22)23)28-12-6-9-20(18-28)27-15-13-26(14-16-27)19-7-2-1-3-8-19/h1-5,7-8,10-11,17,20,25H,6,9,12-16,18H2/t20-/m0/s1. The van der Waals surface area contributed by atoms with Gasteiger partial charge in [0.05, 0.1) is 5.56 Å². The number of piperazine rings is 1. The molecular formula is C24H28N4O. The van der Waals surface area contributed by atoms with Crippen LogP contribution in [0.4, 0.5) is 5.69 Å². The number of likely N-dealkylation sites (tertiary alicyclic amines) is 1. The molecule has 1 amide bonds. The van der Waals surface area contributed by atoms with Crippen LogP contribution in [0.25, 0.3) is 10.9 Å². The number of para-hydroxylation sites is 2. The minimum Gasteiger partial charge on any atom is -0.369 e. The number of rotatable bonds is 3. The molecule has 2 saturated heterocycles. The summed E-state index contributed by atoms with van der Waals surface area (Å²) in [5.41, 5.74) is 3.14. The summed E-state index contributed by atoms with van der Waals surface area (Å²) in [4.78, 5) is 23.6. The number of hydrogen-bond donors (Lipinski definition) is 1. The van der Waals surface area contributed by atoms with Crippen LogP contribution in [0.1, 0.15) is 23.2 Å². The molecule has 2 aromatic carbocycles. The van der Waals surface area contributed by atoms with Crippen LogP contribution in [0.2, 0.25) is 0 Å². The Balaban J connectivity index is 1.24. The van der Waals surface area contributed by atoms with Crippen molar-refractivity contribution in [2.24, 2.45) is 0 Å². The van der Waals surface area contributed by atoms with E-state index in [1.807, 2.05) is 30.5 Å². The van der Waals surface area contributed by atoms with E-state index in [0.29, 0.717) is 6.04 Å². The molecule has 5 rings (SSSR count). The smallest absolute Gasteiger partial charge is 0.256 e. The number of nitrogens with one attached hydrogen (secondary N) is 1. The van der Waals surface area contributed by atoms with Crippen LogP contribution in [-0.4, -0.2) is 66.0 Å². The van der Waals surface area contributed by atoms with Crippen molar-refractivity contribution >= 4 is 22.5 Å². The molecule has 1 aromatic heterocycles. The Hall–Kier alpha value is -2.79. The Bertz CT molecular complexity index is 975. The molecule has 3 aromatic rings. The van der Waals surface area contributed by atoms with Crippen LogP contribution >= 0.6 is 0 Å². The van der Waals surface area contributed by atoms with Crippen molar-refractivity contribution in [3.8, 4) is 0 Å². The molecule has 5 nitrogen and oxygen atoms in total. The third kappa shape index (κ3) is 3.62.